The van der Waals surface area contributed by atoms with Crippen molar-refractivity contribution in [3.05, 3.63) is 29.8 Å². The van der Waals surface area contributed by atoms with Crippen molar-refractivity contribution in [2.75, 3.05) is 18.4 Å². The number of hydrogen-bond acceptors (Lipinski definition) is 4. The fraction of sp³-hybridized carbons (Fsp3) is 0.308. The number of anilines is 1. The number of rotatable bonds is 6. The second-order valence-electron chi connectivity index (χ2n) is 4.63. The molecule has 114 valence electrons. The van der Waals surface area contributed by atoms with Crippen molar-refractivity contribution < 1.29 is 14.4 Å². The van der Waals surface area contributed by atoms with E-state index in [9.17, 15) is 14.4 Å². The molecule has 0 heterocycles. The van der Waals surface area contributed by atoms with E-state index >= 15 is 0 Å². The van der Waals surface area contributed by atoms with E-state index in [0.29, 0.717) is 5.69 Å². The molecule has 8 nitrogen and oxygen atoms in total. The molecule has 1 unspecified atom stereocenters. The second kappa shape index (κ2) is 7.25. The summed E-state index contributed by atoms with van der Waals surface area (Å²) in [7, 11) is 0. The molecule has 1 aromatic rings. The second-order valence-corrected chi connectivity index (χ2v) is 4.63. The molecule has 0 fully saturated rings. The van der Waals surface area contributed by atoms with E-state index in [2.05, 4.69) is 5.32 Å². The molecule has 4 amide bonds. The molecule has 0 saturated carbocycles. The van der Waals surface area contributed by atoms with Crippen molar-refractivity contribution in [1.82, 2.24) is 4.90 Å². The third kappa shape index (κ3) is 5.49. The van der Waals surface area contributed by atoms with E-state index < -0.39 is 30.9 Å². The summed E-state index contributed by atoms with van der Waals surface area (Å²) in [6.07, 6.45) is 0. The van der Waals surface area contributed by atoms with Crippen LogP contribution < -0.4 is 22.5 Å². The number of hydrogen-bond donors (Lipinski definition) is 4. The number of carbonyl (C=O) groups excluding carboxylic acids is 3. The number of amides is 4. The Morgan fingerprint density at radius 1 is 1.19 bits per heavy atom. The van der Waals surface area contributed by atoms with Crippen molar-refractivity contribution in [1.29, 1.82) is 0 Å². The van der Waals surface area contributed by atoms with Gasteiger partial charge < -0.3 is 27.4 Å². The van der Waals surface area contributed by atoms with Gasteiger partial charge in [0.05, 0.1) is 0 Å². The number of nitrogens with one attached hydrogen (secondary N) is 1. The average molecular weight is 293 g/mol. The van der Waals surface area contributed by atoms with Crippen LogP contribution in [-0.4, -0.2) is 35.8 Å². The highest BCUT2D eigenvalue weighted by atomic mass is 16.2. The highest BCUT2D eigenvalue weighted by Gasteiger charge is 2.18. The van der Waals surface area contributed by atoms with Crippen LogP contribution in [0.5, 0.6) is 0 Å². The van der Waals surface area contributed by atoms with E-state index in [-0.39, 0.29) is 6.04 Å². The lowest BCUT2D eigenvalue weighted by molar-refractivity contribution is -0.120. The van der Waals surface area contributed by atoms with Crippen LogP contribution in [0.1, 0.15) is 18.5 Å². The third-order valence-electron chi connectivity index (χ3n) is 2.64. The molecule has 0 saturated heterocycles. The minimum absolute atomic E-state index is 0.186. The van der Waals surface area contributed by atoms with Crippen LogP contribution in [0.3, 0.4) is 0 Å². The molecular weight excluding hydrogens is 274 g/mol. The summed E-state index contributed by atoms with van der Waals surface area (Å²) in [5, 5.41) is 2.56. The first-order valence-electron chi connectivity index (χ1n) is 6.27. The Balaban J connectivity index is 2.82. The first-order chi connectivity index (χ1) is 9.79. The molecule has 7 N–H and O–H groups in total. The monoisotopic (exact) mass is 293 g/mol. The first-order valence-corrected chi connectivity index (χ1v) is 6.27. The standard InChI is InChI=1S/C13H19N5O3/c1-8(14)9-3-2-4-10(5-9)17-13(21)18(6-11(15)19)7-12(16)20/h2-5,8H,6-7,14H2,1H3,(H2,15,19)(H2,16,20)(H,17,21). The number of urea groups is 1. The Morgan fingerprint density at radius 2 is 1.76 bits per heavy atom. The van der Waals surface area contributed by atoms with Gasteiger partial charge in [-0.3, -0.25) is 9.59 Å². The summed E-state index contributed by atoms with van der Waals surface area (Å²) < 4.78 is 0. The Hall–Kier alpha value is -2.61. The molecule has 0 radical (unpaired) electrons. The van der Waals surface area contributed by atoms with Crippen LogP contribution in [-0.2, 0) is 9.59 Å². The predicted molar refractivity (Wildman–Crippen MR) is 78.0 cm³/mol. The fourth-order valence-corrected chi connectivity index (χ4v) is 1.68. The Labute approximate surface area is 122 Å². The molecule has 21 heavy (non-hydrogen) atoms. The highest BCUT2D eigenvalue weighted by molar-refractivity contribution is 5.94. The summed E-state index contributed by atoms with van der Waals surface area (Å²) in [5.41, 5.74) is 17.2. The van der Waals surface area contributed by atoms with Crippen LogP contribution in [0.4, 0.5) is 10.5 Å². The quantitative estimate of drug-likeness (QED) is 0.560. The number of primary amides is 2. The third-order valence-corrected chi connectivity index (χ3v) is 2.64. The lowest BCUT2D eigenvalue weighted by Gasteiger charge is -2.20. The van der Waals surface area contributed by atoms with Crippen molar-refractivity contribution in [2.45, 2.75) is 13.0 Å². The summed E-state index contributed by atoms with van der Waals surface area (Å²) >= 11 is 0. The molecule has 8 heteroatoms. The van der Waals surface area contributed by atoms with E-state index in [0.717, 1.165) is 10.5 Å². The van der Waals surface area contributed by atoms with E-state index in [1.165, 1.54) is 0 Å². The van der Waals surface area contributed by atoms with Crippen molar-refractivity contribution >= 4 is 23.5 Å². The summed E-state index contributed by atoms with van der Waals surface area (Å²) in [5.74, 6) is -1.48. The van der Waals surface area contributed by atoms with Crippen LogP contribution in [0.15, 0.2) is 24.3 Å². The van der Waals surface area contributed by atoms with Gasteiger partial charge in [0.2, 0.25) is 11.8 Å². The van der Waals surface area contributed by atoms with Gasteiger partial charge in [-0.1, -0.05) is 12.1 Å². The van der Waals surface area contributed by atoms with Gasteiger partial charge in [-0.25, -0.2) is 4.79 Å². The van der Waals surface area contributed by atoms with Gasteiger partial charge in [0.15, 0.2) is 0 Å². The Kier molecular flexibility index (Phi) is 5.67. The van der Waals surface area contributed by atoms with Gasteiger partial charge in [-0.05, 0) is 24.6 Å². The largest absolute Gasteiger partial charge is 0.368 e. The highest BCUT2D eigenvalue weighted by Crippen LogP contribution is 2.15. The molecule has 1 atom stereocenters. The molecule has 0 aliphatic carbocycles. The van der Waals surface area contributed by atoms with Gasteiger partial charge in [-0.2, -0.15) is 0 Å². The molecule has 0 spiro atoms. The molecule has 1 aromatic carbocycles. The Bertz CT molecular complexity index is 528. The number of carbonyl (C=O) groups is 3. The molecular formula is C13H19N5O3. The molecule has 1 rings (SSSR count). The average Bonchev–Trinajstić information content (AvgIpc) is 2.37. The lowest BCUT2D eigenvalue weighted by atomic mass is 10.1. The fourth-order valence-electron chi connectivity index (χ4n) is 1.68. The summed E-state index contributed by atoms with van der Waals surface area (Å²) in [6.45, 7) is 1.01. The maximum atomic E-state index is 12.0. The van der Waals surface area contributed by atoms with Crippen molar-refractivity contribution in [3.8, 4) is 0 Å². The maximum absolute atomic E-state index is 12.0. The zero-order valence-corrected chi connectivity index (χ0v) is 11.7. The minimum Gasteiger partial charge on any atom is -0.368 e. The van der Waals surface area contributed by atoms with E-state index in [1.54, 1.807) is 18.2 Å². The zero-order valence-electron chi connectivity index (χ0n) is 11.7. The number of nitrogens with two attached hydrogens (primary N) is 3. The molecule has 0 bridgehead atoms. The molecule has 0 aliphatic heterocycles. The van der Waals surface area contributed by atoms with Crippen LogP contribution in [0.2, 0.25) is 0 Å². The predicted octanol–water partition coefficient (Wildman–Crippen LogP) is -0.489. The van der Waals surface area contributed by atoms with Crippen molar-refractivity contribution in [2.24, 2.45) is 17.2 Å². The van der Waals surface area contributed by atoms with Crippen LogP contribution >= 0.6 is 0 Å². The maximum Gasteiger partial charge on any atom is 0.322 e. The summed E-state index contributed by atoms with van der Waals surface area (Å²) in [4.78, 5) is 34.8. The first kappa shape index (κ1) is 16.4. The summed E-state index contributed by atoms with van der Waals surface area (Å²) in [6, 6.07) is 6.10. The van der Waals surface area contributed by atoms with Gasteiger partial charge in [0.25, 0.3) is 0 Å². The smallest absolute Gasteiger partial charge is 0.322 e. The normalized spacial score (nSPS) is 11.5. The van der Waals surface area contributed by atoms with Crippen LogP contribution in [0.25, 0.3) is 0 Å². The van der Waals surface area contributed by atoms with Crippen LogP contribution in [0, 0.1) is 0 Å². The molecule has 0 aliphatic rings. The van der Waals surface area contributed by atoms with Gasteiger partial charge in [0, 0.05) is 11.7 Å². The van der Waals surface area contributed by atoms with Crippen molar-refractivity contribution in [3.63, 3.8) is 0 Å². The number of benzene rings is 1. The topological polar surface area (TPSA) is 145 Å². The zero-order chi connectivity index (χ0) is 16.0. The number of nitrogens with zero attached hydrogens (tertiary/aromatic N) is 1. The van der Waals surface area contributed by atoms with E-state index in [1.807, 2.05) is 13.0 Å². The van der Waals surface area contributed by atoms with Gasteiger partial charge in [0.1, 0.15) is 13.1 Å². The molecule has 0 aromatic heterocycles. The minimum atomic E-state index is -0.740. The van der Waals surface area contributed by atoms with Gasteiger partial charge >= 0.3 is 6.03 Å². The Morgan fingerprint density at radius 3 is 2.24 bits per heavy atom. The SMILES string of the molecule is CC(N)c1cccc(NC(=O)N(CC(N)=O)CC(N)=O)c1. The van der Waals surface area contributed by atoms with Gasteiger partial charge in [-0.15, -0.1) is 0 Å². The lowest BCUT2D eigenvalue weighted by Crippen LogP contribution is -2.45. The van der Waals surface area contributed by atoms with E-state index in [4.69, 9.17) is 17.2 Å².